The van der Waals surface area contributed by atoms with Crippen LogP contribution in [0.25, 0.3) is 22.3 Å². The first-order valence-corrected chi connectivity index (χ1v) is 18.1. The van der Waals surface area contributed by atoms with Gasteiger partial charge in [-0.1, -0.05) is 164 Å². The van der Waals surface area contributed by atoms with E-state index in [-0.39, 0.29) is 0 Å². The van der Waals surface area contributed by atoms with Gasteiger partial charge in [0.15, 0.2) is 0 Å². The molecule has 212 valence electrons. The largest absolute Gasteiger partial charge is 0.308 e. The zero-order valence-corrected chi connectivity index (χ0v) is 26.4. The lowest BCUT2D eigenvalue weighted by atomic mass is 10.0. The first kappa shape index (κ1) is 26.6. The summed E-state index contributed by atoms with van der Waals surface area (Å²) in [6.07, 6.45) is 0. The fraction of sp³-hybridized carbons (Fsp3) is 0. The van der Waals surface area contributed by atoms with E-state index in [0.717, 1.165) is 0 Å². The number of para-hydroxylation sites is 1. The number of fused-ring (bicyclic) bond motifs is 4. The minimum Gasteiger partial charge on any atom is -0.308 e. The molecule has 0 spiro atoms. The molecule has 7 aromatic carbocycles. The Morgan fingerprint density at radius 3 is 1.13 bits per heavy atom. The van der Waals surface area contributed by atoms with E-state index in [1.807, 2.05) is 0 Å². The smallest absolute Gasteiger partial charge is 0.0629 e. The van der Waals surface area contributed by atoms with E-state index in [4.69, 9.17) is 0 Å². The molecule has 2 heterocycles. The van der Waals surface area contributed by atoms with Crippen LogP contribution in [0, 0.1) is 0 Å². The van der Waals surface area contributed by atoms with Crippen LogP contribution in [0.15, 0.2) is 176 Å². The van der Waals surface area contributed by atoms with E-state index in [2.05, 4.69) is 181 Å². The highest BCUT2D eigenvalue weighted by atomic mass is 31.1. The summed E-state index contributed by atoms with van der Waals surface area (Å²) in [4.78, 5) is 2.61. The molecule has 0 aromatic heterocycles. The van der Waals surface area contributed by atoms with Crippen molar-refractivity contribution < 1.29 is 0 Å². The molecular formula is C42H29NP2. The van der Waals surface area contributed by atoms with Gasteiger partial charge in [0.1, 0.15) is 0 Å². The van der Waals surface area contributed by atoms with Crippen LogP contribution in [0.5, 0.6) is 0 Å². The summed E-state index contributed by atoms with van der Waals surface area (Å²) in [6.45, 7) is 0. The Bertz CT molecular complexity index is 2010. The second-order valence-electron chi connectivity index (χ2n) is 11.5. The fourth-order valence-electron chi connectivity index (χ4n) is 6.85. The lowest BCUT2D eigenvalue weighted by molar-refractivity contribution is 1.31. The van der Waals surface area contributed by atoms with E-state index < -0.39 is 15.8 Å². The summed E-state index contributed by atoms with van der Waals surface area (Å²) in [5.74, 6) is 0. The van der Waals surface area contributed by atoms with Crippen molar-refractivity contribution in [3.63, 3.8) is 0 Å². The predicted octanol–water partition coefficient (Wildman–Crippen LogP) is 8.63. The highest BCUT2D eigenvalue weighted by molar-refractivity contribution is 7.82. The minimum absolute atomic E-state index is 0.754. The molecule has 0 fully saturated rings. The van der Waals surface area contributed by atoms with Gasteiger partial charge in [0.05, 0.1) is 17.1 Å². The molecule has 0 saturated carbocycles. The summed E-state index contributed by atoms with van der Waals surface area (Å²) in [5, 5.41) is 8.47. The molecule has 9 rings (SSSR count). The zero-order valence-electron chi connectivity index (χ0n) is 24.6. The average Bonchev–Trinajstić information content (AvgIpc) is 3.12. The van der Waals surface area contributed by atoms with Crippen LogP contribution in [0.3, 0.4) is 0 Å². The number of anilines is 3. The number of rotatable bonds is 4. The van der Waals surface area contributed by atoms with Gasteiger partial charge in [-0.25, -0.2) is 0 Å². The topological polar surface area (TPSA) is 3.24 Å². The van der Waals surface area contributed by atoms with Gasteiger partial charge in [-0.15, -0.1) is 0 Å². The highest BCUT2D eigenvalue weighted by Crippen LogP contribution is 2.55. The van der Waals surface area contributed by atoms with Crippen molar-refractivity contribution in [2.45, 2.75) is 0 Å². The molecule has 0 saturated heterocycles. The van der Waals surface area contributed by atoms with E-state index in [9.17, 15) is 0 Å². The Balaban J connectivity index is 1.37. The summed E-state index contributed by atoms with van der Waals surface area (Å²) in [6, 6.07) is 65.3. The Morgan fingerprint density at radius 2 is 0.711 bits per heavy atom. The molecule has 0 N–H and O–H groups in total. The number of hydrogen-bond acceptors (Lipinski definition) is 1. The number of hydrogen-bond donors (Lipinski definition) is 0. The van der Waals surface area contributed by atoms with Crippen LogP contribution in [0.4, 0.5) is 17.1 Å². The van der Waals surface area contributed by atoms with Gasteiger partial charge >= 0.3 is 0 Å². The number of benzene rings is 7. The first-order valence-electron chi connectivity index (χ1n) is 15.4. The maximum absolute atomic E-state index is 2.61. The summed E-state index contributed by atoms with van der Waals surface area (Å²) in [5.41, 5.74) is 8.93. The normalized spacial score (nSPS) is 16.0. The number of nitrogens with zero attached hydrogens (tertiary/aromatic N) is 1. The molecular weight excluding hydrogens is 580 g/mol. The minimum atomic E-state index is -0.754. The SMILES string of the molecule is c1ccc(-c2ccc3c(c2)N2c4cc(-c5ccccc5)ccc4P(c4ccccc4)c4cccc(c42)P3c2ccccc2)cc1. The van der Waals surface area contributed by atoms with E-state index >= 15 is 0 Å². The van der Waals surface area contributed by atoms with E-state index in [1.165, 1.54) is 71.1 Å². The van der Waals surface area contributed by atoms with Gasteiger partial charge in [0, 0.05) is 21.2 Å². The van der Waals surface area contributed by atoms with Crippen LogP contribution in [0.2, 0.25) is 0 Å². The van der Waals surface area contributed by atoms with Gasteiger partial charge in [-0.3, -0.25) is 0 Å². The zero-order chi connectivity index (χ0) is 29.7. The molecule has 45 heavy (non-hydrogen) atoms. The third-order valence-electron chi connectivity index (χ3n) is 8.86. The quantitative estimate of drug-likeness (QED) is 0.181. The van der Waals surface area contributed by atoms with Gasteiger partial charge in [-0.2, -0.15) is 0 Å². The fourth-order valence-corrected chi connectivity index (χ4v) is 12.1. The van der Waals surface area contributed by atoms with Crippen LogP contribution >= 0.6 is 15.8 Å². The molecule has 2 aliphatic rings. The molecule has 2 aliphatic heterocycles. The summed E-state index contributed by atoms with van der Waals surface area (Å²) < 4.78 is 0. The third kappa shape index (κ3) is 4.39. The van der Waals surface area contributed by atoms with Crippen molar-refractivity contribution in [1.82, 2.24) is 0 Å². The van der Waals surface area contributed by atoms with E-state index in [0.29, 0.717) is 0 Å². The average molecular weight is 610 g/mol. The van der Waals surface area contributed by atoms with Crippen LogP contribution in [0.1, 0.15) is 0 Å². The first-order chi connectivity index (χ1) is 22.3. The highest BCUT2D eigenvalue weighted by Gasteiger charge is 2.40. The van der Waals surface area contributed by atoms with Crippen molar-refractivity contribution >= 4 is 64.7 Å². The maximum atomic E-state index is 2.61. The van der Waals surface area contributed by atoms with Crippen molar-refractivity contribution in [2.24, 2.45) is 0 Å². The van der Waals surface area contributed by atoms with Crippen molar-refractivity contribution in [2.75, 3.05) is 4.90 Å². The monoisotopic (exact) mass is 609 g/mol. The van der Waals surface area contributed by atoms with Crippen LogP contribution in [-0.2, 0) is 0 Å². The molecule has 0 bridgehead atoms. The summed E-state index contributed by atoms with van der Waals surface area (Å²) in [7, 11) is -1.51. The van der Waals surface area contributed by atoms with Gasteiger partial charge in [0.25, 0.3) is 0 Å². The Kier molecular flexibility index (Phi) is 6.48. The molecule has 7 aromatic rings. The second-order valence-corrected chi connectivity index (χ2v) is 15.8. The maximum Gasteiger partial charge on any atom is 0.0629 e. The lowest BCUT2D eigenvalue weighted by Crippen LogP contribution is -2.43. The molecule has 2 unspecified atom stereocenters. The third-order valence-corrected chi connectivity index (χ3v) is 13.9. The van der Waals surface area contributed by atoms with E-state index in [1.54, 1.807) is 0 Å². The van der Waals surface area contributed by atoms with Gasteiger partial charge in [0.2, 0.25) is 0 Å². The predicted molar refractivity (Wildman–Crippen MR) is 197 cm³/mol. The van der Waals surface area contributed by atoms with Crippen molar-refractivity contribution in [1.29, 1.82) is 0 Å². The molecule has 1 nitrogen and oxygen atoms in total. The molecule has 0 aliphatic carbocycles. The van der Waals surface area contributed by atoms with Gasteiger partial charge in [-0.05, 0) is 60.8 Å². The van der Waals surface area contributed by atoms with Crippen LogP contribution < -0.4 is 36.7 Å². The Morgan fingerprint density at radius 1 is 0.311 bits per heavy atom. The van der Waals surface area contributed by atoms with Gasteiger partial charge < -0.3 is 4.90 Å². The van der Waals surface area contributed by atoms with Crippen LogP contribution in [-0.4, -0.2) is 0 Å². The molecule has 0 amide bonds. The van der Waals surface area contributed by atoms with Crippen molar-refractivity contribution in [3.8, 4) is 22.3 Å². The molecule has 2 atom stereocenters. The molecule has 0 radical (unpaired) electrons. The molecule has 3 heteroatoms. The standard InChI is InChI=1S/C42H29NP2/c1-5-14-30(15-6-1)32-24-26-38-36(28-32)43-37-29-33(31-16-7-2-8-17-31)25-27-39(37)45(35-20-11-4-12-21-35)41-23-13-22-40(42(41)43)44(38)34-18-9-3-10-19-34/h1-29H. The Labute approximate surface area is 267 Å². The van der Waals surface area contributed by atoms with Crippen molar-refractivity contribution in [3.05, 3.63) is 176 Å². The second kappa shape index (κ2) is 11.0. The Hall–Kier alpha value is -4.80. The lowest BCUT2D eigenvalue weighted by Gasteiger charge is -2.45. The summed E-state index contributed by atoms with van der Waals surface area (Å²) >= 11 is 0.